The molecule has 2 heterocycles. The summed E-state index contributed by atoms with van der Waals surface area (Å²) < 4.78 is 50.1. The van der Waals surface area contributed by atoms with Gasteiger partial charge in [-0.3, -0.25) is 0 Å². The van der Waals surface area contributed by atoms with Gasteiger partial charge in [0.2, 0.25) is 0 Å². The summed E-state index contributed by atoms with van der Waals surface area (Å²) in [6.07, 6.45) is -4.93. The standard InChI is InChI=1S/C77H33F3N12/c78-77(79,80)69-28-44(34-81)4-10-63(69)57-9-15-74(91-70-11-5-53(59-20-45(35-82)16-46(21-59)36-83)29-64(70)65-30-54(6-12-71(65)91)60-22-47(37-84)17-48(23-60)38-85)68(33-57)76-58(43-90)2-1-3-75(76)92-72-13-7-55(61-24-49(39-86)18-50(25-61)40-87)31-66(72)67-32-56(8-14-73(67)92)62-26-51(41-88)19-52(27-62)42-89/h1-33H. The minimum Gasteiger partial charge on any atom is -0.309 e. The molecule has 0 saturated carbocycles. The summed E-state index contributed by atoms with van der Waals surface area (Å²) in [7, 11) is 0. The molecule has 15 heteroatoms. The van der Waals surface area contributed by atoms with E-state index in [9.17, 15) is 52.6 Å². The van der Waals surface area contributed by atoms with E-state index in [1.54, 1.807) is 78.9 Å². The molecule has 92 heavy (non-hydrogen) atoms. The molecule has 0 amide bonds. The topological polar surface area (TPSA) is 248 Å². The molecule has 13 rings (SSSR count). The predicted molar refractivity (Wildman–Crippen MR) is 340 cm³/mol. The van der Waals surface area contributed by atoms with Gasteiger partial charge < -0.3 is 9.13 Å². The third-order valence-electron chi connectivity index (χ3n) is 16.3. The number of nitriles is 10. The largest absolute Gasteiger partial charge is 0.417 e. The summed E-state index contributed by atoms with van der Waals surface area (Å²) in [6.45, 7) is 0. The van der Waals surface area contributed by atoms with Crippen molar-refractivity contribution in [3.63, 3.8) is 0 Å². The number of rotatable bonds is 8. The van der Waals surface area contributed by atoms with Crippen molar-refractivity contribution in [2.45, 2.75) is 6.18 Å². The van der Waals surface area contributed by atoms with Gasteiger partial charge in [-0.15, -0.1) is 0 Å². The second kappa shape index (κ2) is 22.5. The number of alkyl halides is 3. The molecular weight excluding hydrogens is 1150 g/mol. The van der Waals surface area contributed by atoms with Crippen LogP contribution in [-0.2, 0) is 6.18 Å². The molecule has 0 bridgehead atoms. The highest BCUT2D eigenvalue weighted by molar-refractivity contribution is 6.14. The van der Waals surface area contributed by atoms with Gasteiger partial charge in [0.1, 0.15) is 0 Å². The number of aromatic nitrogens is 2. The zero-order valence-electron chi connectivity index (χ0n) is 47.6. The van der Waals surface area contributed by atoms with Crippen LogP contribution in [0.4, 0.5) is 13.2 Å². The summed E-state index contributed by atoms with van der Waals surface area (Å²) in [6, 6.07) is 76.5. The molecule has 0 N–H and O–H groups in total. The van der Waals surface area contributed by atoms with E-state index in [-0.39, 0.29) is 72.3 Å². The second-order valence-electron chi connectivity index (χ2n) is 21.6. The lowest BCUT2D eigenvalue weighted by atomic mass is 9.90. The van der Waals surface area contributed by atoms with Gasteiger partial charge in [0.15, 0.2) is 0 Å². The smallest absolute Gasteiger partial charge is 0.309 e. The van der Waals surface area contributed by atoms with Crippen LogP contribution in [0.3, 0.4) is 0 Å². The second-order valence-corrected chi connectivity index (χ2v) is 21.6. The Balaban J connectivity index is 1.15. The van der Waals surface area contributed by atoms with Crippen molar-refractivity contribution in [3.8, 4) is 139 Å². The van der Waals surface area contributed by atoms with Gasteiger partial charge in [0.25, 0.3) is 0 Å². The quantitative estimate of drug-likeness (QED) is 0.139. The number of hydrogen-bond donors (Lipinski definition) is 0. The van der Waals surface area contributed by atoms with E-state index in [1.165, 1.54) is 36.4 Å². The van der Waals surface area contributed by atoms with Crippen LogP contribution in [0, 0.1) is 113 Å². The highest BCUT2D eigenvalue weighted by Crippen LogP contribution is 2.47. The Labute approximate surface area is 522 Å². The molecule has 11 aromatic carbocycles. The van der Waals surface area contributed by atoms with Gasteiger partial charge in [-0.2, -0.15) is 65.8 Å². The van der Waals surface area contributed by atoms with Crippen LogP contribution in [0.15, 0.2) is 200 Å². The highest BCUT2D eigenvalue weighted by atomic mass is 19.4. The summed E-state index contributed by atoms with van der Waals surface area (Å²) in [5.41, 5.74) is 9.32. The van der Waals surface area contributed by atoms with E-state index < -0.39 is 11.7 Å². The van der Waals surface area contributed by atoms with Crippen molar-refractivity contribution in [3.05, 3.63) is 261 Å². The van der Waals surface area contributed by atoms with Crippen molar-refractivity contribution in [2.24, 2.45) is 0 Å². The summed E-state index contributed by atoms with van der Waals surface area (Å²) in [4.78, 5) is 0. The Hall–Kier alpha value is -14.3. The van der Waals surface area contributed by atoms with Crippen molar-refractivity contribution < 1.29 is 13.2 Å². The number of hydrogen-bond acceptors (Lipinski definition) is 10. The van der Waals surface area contributed by atoms with Crippen LogP contribution in [0.25, 0.3) is 122 Å². The molecule has 0 aliphatic carbocycles. The normalized spacial score (nSPS) is 10.9. The lowest BCUT2D eigenvalue weighted by Gasteiger charge is -2.21. The van der Waals surface area contributed by atoms with Gasteiger partial charge in [-0.25, -0.2) is 0 Å². The minimum absolute atomic E-state index is 0.0881. The van der Waals surface area contributed by atoms with E-state index in [4.69, 9.17) is 0 Å². The van der Waals surface area contributed by atoms with Crippen LogP contribution < -0.4 is 0 Å². The monoisotopic (exact) mass is 1180 g/mol. The molecular formula is C77H33F3N12. The van der Waals surface area contributed by atoms with Crippen LogP contribution in [0.2, 0.25) is 0 Å². The molecule has 0 fully saturated rings. The van der Waals surface area contributed by atoms with Crippen molar-refractivity contribution >= 4 is 43.6 Å². The minimum atomic E-state index is -4.93. The fourth-order valence-electron chi connectivity index (χ4n) is 12.3. The average Bonchev–Trinajstić information content (AvgIpc) is 1.57. The van der Waals surface area contributed by atoms with Gasteiger partial charge in [-0.05, 0) is 213 Å². The Kier molecular flexibility index (Phi) is 13.9. The maximum atomic E-state index is 15.4. The summed E-state index contributed by atoms with van der Waals surface area (Å²) >= 11 is 0. The van der Waals surface area contributed by atoms with Crippen LogP contribution >= 0.6 is 0 Å². The number of benzene rings is 11. The van der Waals surface area contributed by atoms with Gasteiger partial charge in [0.05, 0.1) is 155 Å². The first-order chi connectivity index (χ1) is 44.7. The fourth-order valence-corrected chi connectivity index (χ4v) is 12.3. The van der Waals surface area contributed by atoms with Gasteiger partial charge in [0, 0.05) is 32.7 Å². The summed E-state index contributed by atoms with van der Waals surface area (Å²) in [5.74, 6) is 0. The van der Waals surface area contributed by atoms with E-state index >= 15 is 13.2 Å². The Bertz CT molecular complexity index is 5510. The molecule has 0 saturated heterocycles. The molecule has 0 atom stereocenters. The van der Waals surface area contributed by atoms with Gasteiger partial charge >= 0.3 is 6.18 Å². The average molecular weight is 1180 g/mol. The molecule has 0 spiro atoms. The van der Waals surface area contributed by atoms with Crippen molar-refractivity contribution in [1.29, 1.82) is 52.6 Å². The maximum absolute atomic E-state index is 15.4. The highest BCUT2D eigenvalue weighted by Gasteiger charge is 2.35. The lowest BCUT2D eigenvalue weighted by Crippen LogP contribution is -2.08. The molecule has 0 aliphatic rings. The van der Waals surface area contributed by atoms with E-state index in [0.717, 1.165) is 6.07 Å². The number of nitrogens with zero attached hydrogens (tertiary/aromatic N) is 12. The number of halogens is 3. The molecule has 0 aliphatic heterocycles. The third kappa shape index (κ3) is 9.79. The predicted octanol–water partition coefficient (Wildman–Crippen LogP) is 17.6. The van der Waals surface area contributed by atoms with Crippen LogP contribution in [0.1, 0.15) is 61.2 Å². The molecule has 0 unspecified atom stereocenters. The summed E-state index contributed by atoms with van der Waals surface area (Å²) in [5, 5.41) is 104. The maximum Gasteiger partial charge on any atom is 0.417 e. The van der Waals surface area contributed by atoms with E-state index in [0.29, 0.717) is 105 Å². The fraction of sp³-hybridized carbons (Fsp3) is 0.0130. The van der Waals surface area contributed by atoms with Crippen LogP contribution in [-0.4, -0.2) is 9.13 Å². The first-order valence-electron chi connectivity index (χ1n) is 28.0. The van der Waals surface area contributed by atoms with Crippen molar-refractivity contribution in [2.75, 3.05) is 0 Å². The zero-order chi connectivity index (χ0) is 64.1. The molecule has 12 nitrogen and oxygen atoms in total. The van der Waals surface area contributed by atoms with E-state index in [2.05, 4.69) is 54.6 Å². The Morgan fingerprint density at radius 2 is 0.598 bits per heavy atom. The first kappa shape index (κ1) is 56.8. The molecule has 2 aromatic heterocycles. The first-order valence-corrected chi connectivity index (χ1v) is 28.0. The SMILES string of the molecule is N#Cc1cc(C#N)cc(-c2ccc3c(c2)c2cc(-c4cc(C#N)cc(C#N)c4)ccc2n3-c2ccc(-c3ccc(C#N)cc3C(F)(F)F)cc2-c2c(C#N)cccc2-n2c3ccc(-c4cc(C#N)cc(C#N)c4)cc3c3cc(-c4cc(C#N)cc(C#N)c4)ccc32)c1. The van der Waals surface area contributed by atoms with Gasteiger partial charge in [-0.1, -0.05) is 42.5 Å². The van der Waals surface area contributed by atoms with Crippen molar-refractivity contribution in [1.82, 2.24) is 9.13 Å². The Morgan fingerprint density at radius 1 is 0.261 bits per heavy atom. The third-order valence-corrected chi connectivity index (χ3v) is 16.3. The lowest BCUT2D eigenvalue weighted by molar-refractivity contribution is -0.137. The van der Waals surface area contributed by atoms with E-state index in [1.807, 2.05) is 94.1 Å². The zero-order valence-corrected chi connectivity index (χ0v) is 47.6. The molecule has 13 aromatic rings. The van der Waals surface area contributed by atoms with Crippen LogP contribution in [0.5, 0.6) is 0 Å². The number of fused-ring (bicyclic) bond motifs is 6. The molecule has 0 radical (unpaired) electrons. The molecule has 422 valence electrons. The Morgan fingerprint density at radius 3 is 0.924 bits per heavy atom.